The molecule has 2 aromatic carbocycles. The summed E-state index contributed by atoms with van der Waals surface area (Å²) in [5.41, 5.74) is 3.30. The second kappa shape index (κ2) is 11.1. The number of esters is 1. The van der Waals surface area contributed by atoms with Gasteiger partial charge < -0.3 is 14.6 Å². The number of aromatic nitrogens is 1. The topological polar surface area (TPSA) is 138 Å². The van der Waals surface area contributed by atoms with Gasteiger partial charge in [0.25, 0.3) is 0 Å². The van der Waals surface area contributed by atoms with Crippen molar-refractivity contribution in [1.82, 2.24) is 9.88 Å². The maximum atomic E-state index is 12.7. The number of sulfonamides is 1. The number of nitrogens with one attached hydrogen (secondary N) is 1. The molecule has 0 fully saturated rings. The van der Waals surface area contributed by atoms with Crippen molar-refractivity contribution in [2.45, 2.75) is 31.6 Å². The van der Waals surface area contributed by atoms with E-state index in [1.54, 1.807) is 29.7 Å². The molecule has 0 radical (unpaired) electrons. The molecule has 0 saturated heterocycles. The van der Waals surface area contributed by atoms with Crippen molar-refractivity contribution in [1.29, 1.82) is 0 Å². The number of ether oxygens (including phenoxy) is 1. The Hall–Kier alpha value is -3.76. The highest BCUT2D eigenvalue weighted by Crippen LogP contribution is 2.22. The Labute approximate surface area is 203 Å². The number of Topliss-reactive ketones (excluding diaryl/α,β-unsaturated/α-hetero) is 1. The van der Waals surface area contributed by atoms with E-state index in [2.05, 4.69) is 5.32 Å². The number of hydrogen-bond acceptors (Lipinski definition) is 6. The Balaban J connectivity index is 1.53. The van der Waals surface area contributed by atoms with Crippen molar-refractivity contribution in [3.63, 3.8) is 0 Å². The first-order valence-electron chi connectivity index (χ1n) is 10.9. The lowest BCUT2D eigenvalue weighted by Gasteiger charge is -2.11. The van der Waals surface area contributed by atoms with Crippen LogP contribution in [0.3, 0.4) is 0 Å². The van der Waals surface area contributed by atoms with Crippen LogP contribution in [0.1, 0.15) is 33.7 Å². The third-order valence-corrected chi connectivity index (χ3v) is 6.31. The SMILES string of the molecule is Cc1cc(C(=O)COC(=O)CCNC(=O)Cc2ccccc2)c(C)n1-c1ccc(S(N)(=O)=O)cc1. The van der Waals surface area contributed by atoms with Gasteiger partial charge in [-0.05, 0) is 49.7 Å². The average Bonchev–Trinajstić information content (AvgIpc) is 3.11. The normalized spacial score (nSPS) is 11.2. The number of primary sulfonamides is 1. The van der Waals surface area contributed by atoms with Gasteiger partial charge in [0.2, 0.25) is 21.7 Å². The van der Waals surface area contributed by atoms with Crippen LogP contribution in [0.5, 0.6) is 0 Å². The zero-order valence-corrected chi connectivity index (χ0v) is 20.3. The fraction of sp³-hybridized carbons (Fsp3) is 0.240. The monoisotopic (exact) mass is 497 g/mol. The van der Waals surface area contributed by atoms with Crippen LogP contribution in [-0.4, -0.2) is 43.8 Å². The molecule has 3 rings (SSSR count). The quantitative estimate of drug-likeness (QED) is 0.325. The molecule has 184 valence electrons. The minimum Gasteiger partial charge on any atom is -0.457 e. The van der Waals surface area contributed by atoms with Crippen molar-refractivity contribution >= 4 is 27.7 Å². The third-order valence-electron chi connectivity index (χ3n) is 5.38. The summed E-state index contributed by atoms with van der Waals surface area (Å²) in [6.45, 7) is 3.24. The number of nitrogens with two attached hydrogens (primary N) is 1. The molecule has 3 aromatic rings. The van der Waals surface area contributed by atoms with Crippen LogP contribution >= 0.6 is 0 Å². The summed E-state index contributed by atoms with van der Waals surface area (Å²) in [6.07, 6.45) is 0.165. The summed E-state index contributed by atoms with van der Waals surface area (Å²) in [5, 5.41) is 7.80. The van der Waals surface area contributed by atoms with Gasteiger partial charge in [-0.1, -0.05) is 30.3 Å². The predicted octanol–water partition coefficient (Wildman–Crippen LogP) is 2.22. The number of carbonyl (C=O) groups is 3. The molecule has 0 aliphatic carbocycles. The molecule has 0 bridgehead atoms. The molecule has 10 heteroatoms. The van der Waals surface area contributed by atoms with Crippen LogP contribution in [0.2, 0.25) is 0 Å². The van der Waals surface area contributed by atoms with E-state index in [1.807, 2.05) is 37.3 Å². The Morgan fingerprint density at radius 1 is 1.00 bits per heavy atom. The number of nitrogens with zero attached hydrogens (tertiary/aromatic N) is 1. The minimum atomic E-state index is -3.81. The second-order valence-corrected chi connectivity index (χ2v) is 9.57. The maximum Gasteiger partial charge on any atom is 0.308 e. The number of rotatable bonds is 10. The summed E-state index contributed by atoms with van der Waals surface area (Å²) in [6, 6.07) is 16.9. The number of benzene rings is 2. The molecule has 0 aliphatic heterocycles. The standard InChI is InChI=1S/C25H27N3O6S/c1-17-14-22(18(2)28(17)20-8-10-21(11-9-20)35(26,32)33)23(29)16-34-25(31)12-13-27-24(30)15-19-6-4-3-5-7-19/h3-11,14H,12-13,15-16H2,1-2H3,(H,27,30)(H2,26,32,33). The van der Waals surface area contributed by atoms with Gasteiger partial charge in [0.15, 0.2) is 6.61 Å². The van der Waals surface area contributed by atoms with E-state index in [9.17, 15) is 22.8 Å². The molecule has 0 aliphatic rings. The van der Waals surface area contributed by atoms with E-state index in [0.29, 0.717) is 16.9 Å². The van der Waals surface area contributed by atoms with Gasteiger partial charge in [0.1, 0.15) is 0 Å². The van der Waals surface area contributed by atoms with Gasteiger partial charge in [0.05, 0.1) is 17.7 Å². The van der Waals surface area contributed by atoms with Crippen molar-refractivity contribution in [3.05, 3.63) is 83.2 Å². The fourth-order valence-corrected chi connectivity index (χ4v) is 4.19. The Kier molecular flexibility index (Phi) is 8.21. The molecule has 0 unspecified atom stereocenters. The number of ketones is 1. The summed E-state index contributed by atoms with van der Waals surface area (Å²) < 4.78 is 29.8. The molecule has 0 spiro atoms. The van der Waals surface area contributed by atoms with Crippen LogP contribution in [0.4, 0.5) is 0 Å². The van der Waals surface area contributed by atoms with Gasteiger partial charge in [-0.2, -0.15) is 0 Å². The van der Waals surface area contributed by atoms with Crippen LogP contribution < -0.4 is 10.5 Å². The lowest BCUT2D eigenvalue weighted by molar-refractivity contribution is -0.142. The van der Waals surface area contributed by atoms with E-state index in [4.69, 9.17) is 9.88 Å². The zero-order valence-electron chi connectivity index (χ0n) is 19.5. The summed E-state index contributed by atoms with van der Waals surface area (Å²) in [5.74, 6) is -1.16. The van der Waals surface area contributed by atoms with Gasteiger partial charge in [-0.15, -0.1) is 0 Å². The van der Waals surface area contributed by atoms with Gasteiger partial charge >= 0.3 is 5.97 Å². The third kappa shape index (κ3) is 6.87. The molecular formula is C25H27N3O6S. The first-order chi connectivity index (χ1) is 16.6. The first kappa shape index (κ1) is 25.9. The molecule has 35 heavy (non-hydrogen) atoms. The second-order valence-electron chi connectivity index (χ2n) is 8.01. The van der Waals surface area contributed by atoms with Crippen molar-refractivity contribution in [3.8, 4) is 5.69 Å². The summed E-state index contributed by atoms with van der Waals surface area (Å²) >= 11 is 0. The highest BCUT2D eigenvalue weighted by atomic mass is 32.2. The lowest BCUT2D eigenvalue weighted by atomic mass is 10.1. The van der Waals surface area contributed by atoms with Crippen molar-refractivity contribution < 1.29 is 27.5 Å². The molecule has 0 atom stereocenters. The highest BCUT2D eigenvalue weighted by Gasteiger charge is 2.19. The molecular weight excluding hydrogens is 470 g/mol. The van der Waals surface area contributed by atoms with E-state index in [1.165, 1.54) is 12.1 Å². The van der Waals surface area contributed by atoms with Crippen LogP contribution in [0.25, 0.3) is 5.69 Å². The Bertz CT molecular complexity index is 1330. The lowest BCUT2D eigenvalue weighted by Crippen LogP contribution is -2.28. The zero-order chi connectivity index (χ0) is 25.6. The number of amides is 1. The number of aryl methyl sites for hydroxylation is 1. The molecule has 9 nitrogen and oxygen atoms in total. The Morgan fingerprint density at radius 2 is 1.66 bits per heavy atom. The van der Waals surface area contributed by atoms with Gasteiger partial charge in [0, 0.05) is 29.2 Å². The molecule has 1 heterocycles. The first-order valence-corrected chi connectivity index (χ1v) is 12.4. The summed E-state index contributed by atoms with van der Waals surface area (Å²) in [7, 11) is -3.81. The van der Waals surface area contributed by atoms with Gasteiger partial charge in [-0.25, -0.2) is 13.6 Å². The molecule has 3 N–H and O–H groups in total. The van der Waals surface area contributed by atoms with Crippen molar-refractivity contribution in [2.75, 3.05) is 13.2 Å². The molecule has 1 aromatic heterocycles. The van der Waals surface area contributed by atoms with E-state index in [-0.39, 0.29) is 36.0 Å². The van der Waals surface area contributed by atoms with Gasteiger partial charge in [-0.3, -0.25) is 14.4 Å². The average molecular weight is 498 g/mol. The fourth-order valence-electron chi connectivity index (χ4n) is 3.67. The largest absolute Gasteiger partial charge is 0.457 e. The number of hydrogen-bond donors (Lipinski definition) is 2. The van der Waals surface area contributed by atoms with Crippen LogP contribution in [0, 0.1) is 13.8 Å². The molecule has 1 amide bonds. The van der Waals surface area contributed by atoms with Crippen molar-refractivity contribution in [2.24, 2.45) is 5.14 Å². The summed E-state index contributed by atoms with van der Waals surface area (Å²) in [4.78, 5) is 36.6. The number of carbonyl (C=O) groups excluding carboxylic acids is 3. The Morgan fingerprint density at radius 3 is 2.29 bits per heavy atom. The highest BCUT2D eigenvalue weighted by molar-refractivity contribution is 7.89. The van der Waals surface area contributed by atoms with E-state index < -0.39 is 22.6 Å². The van der Waals surface area contributed by atoms with E-state index in [0.717, 1.165) is 11.3 Å². The van der Waals surface area contributed by atoms with E-state index >= 15 is 0 Å². The van der Waals surface area contributed by atoms with Crippen LogP contribution in [-0.2, 0) is 30.8 Å². The minimum absolute atomic E-state index is 0.0109. The van der Waals surface area contributed by atoms with Crippen LogP contribution in [0.15, 0.2) is 65.6 Å². The predicted molar refractivity (Wildman–Crippen MR) is 130 cm³/mol. The maximum absolute atomic E-state index is 12.7. The molecule has 0 saturated carbocycles. The smallest absolute Gasteiger partial charge is 0.308 e.